The van der Waals surface area contributed by atoms with Gasteiger partial charge in [-0.25, -0.2) is 0 Å². The lowest BCUT2D eigenvalue weighted by Gasteiger charge is -2.38. The SMILES string of the molecule is C1CC2CCC3(CO3)C(C1)C2. The molecule has 1 spiro atoms. The molecular weight excluding hydrogens is 136 g/mol. The van der Waals surface area contributed by atoms with Crippen molar-refractivity contribution in [3.8, 4) is 0 Å². The standard InChI is InChI=1S/C10H16O/c1-2-8-4-5-10(7-11-10)9(3-1)6-8/h8-9H,1-7H2. The maximum absolute atomic E-state index is 5.62. The topological polar surface area (TPSA) is 12.5 Å². The minimum Gasteiger partial charge on any atom is -0.369 e. The average molecular weight is 152 g/mol. The Morgan fingerprint density at radius 2 is 2.09 bits per heavy atom. The van der Waals surface area contributed by atoms with Crippen LogP contribution in [0.25, 0.3) is 0 Å². The number of hydrogen-bond donors (Lipinski definition) is 0. The van der Waals surface area contributed by atoms with Crippen molar-refractivity contribution >= 4 is 0 Å². The van der Waals surface area contributed by atoms with Crippen LogP contribution in [0.5, 0.6) is 0 Å². The molecule has 1 aliphatic heterocycles. The summed E-state index contributed by atoms with van der Waals surface area (Å²) in [6, 6.07) is 0. The third-order valence-electron chi connectivity index (χ3n) is 4.02. The monoisotopic (exact) mass is 152 g/mol. The van der Waals surface area contributed by atoms with Gasteiger partial charge in [0.05, 0.1) is 12.2 Å². The summed E-state index contributed by atoms with van der Waals surface area (Å²) in [5, 5.41) is 0. The third kappa shape index (κ3) is 0.868. The number of epoxide rings is 1. The summed E-state index contributed by atoms with van der Waals surface area (Å²) in [5.41, 5.74) is 0.428. The van der Waals surface area contributed by atoms with Gasteiger partial charge in [0.25, 0.3) is 0 Å². The molecule has 0 amide bonds. The Kier molecular flexibility index (Phi) is 1.18. The molecule has 62 valence electrons. The number of hydrogen-bond acceptors (Lipinski definition) is 1. The van der Waals surface area contributed by atoms with E-state index in [1.165, 1.54) is 38.5 Å². The van der Waals surface area contributed by atoms with Crippen LogP contribution in [0.2, 0.25) is 0 Å². The first kappa shape index (κ1) is 6.47. The molecule has 1 saturated heterocycles. The number of fused-ring (bicyclic) bond motifs is 3. The summed E-state index contributed by atoms with van der Waals surface area (Å²) in [6.07, 6.45) is 8.75. The van der Waals surface area contributed by atoms with E-state index in [9.17, 15) is 0 Å². The fourth-order valence-corrected chi connectivity index (χ4v) is 3.16. The van der Waals surface area contributed by atoms with Crippen LogP contribution in [0.4, 0.5) is 0 Å². The van der Waals surface area contributed by atoms with Crippen LogP contribution < -0.4 is 0 Å². The highest BCUT2D eigenvalue weighted by Gasteiger charge is 2.54. The molecule has 1 heteroatoms. The predicted octanol–water partition coefficient (Wildman–Crippen LogP) is 2.36. The van der Waals surface area contributed by atoms with E-state index in [0.29, 0.717) is 5.60 Å². The van der Waals surface area contributed by atoms with Crippen molar-refractivity contribution in [2.45, 2.75) is 44.1 Å². The van der Waals surface area contributed by atoms with E-state index in [4.69, 9.17) is 4.74 Å². The normalized spacial score (nSPS) is 54.5. The van der Waals surface area contributed by atoms with Crippen LogP contribution in [0, 0.1) is 11.8 Å². The molecule has 3 rings (SSSR count). The summed E-state index contributed by atoms with van der Waals surface area (Å²) >= 11 is 0. The fraction of sp³-hybridized carbons (Fsp3) is 1.00. The molecule has 3 atom stereocenters. The van der Waals surface area contributed by atoms with Gasteiger partial charge in [0.15, 0.2) is 0 Å². The Morgan fingerprint density at radius 1 is 1.18 bits per heavy atom. The highest BCUT2D eigenvalue weighted by Crippen LogP contribution is 2.53. The zero-order valence-electron chi connectivity index (χ0n) is 7.01. The molecule has 2 bridgehead atoms. The van der Waals surface area contributed by atoms with Crippen LogP contribution in [0.3, 0.4) is 0 Å². The summed E-state index contributed by atoms with van der Waals surface area (Å²) in [4.78, 5) is 0. The fourth-order valence-electron chi connectivity index (χ4n) is 3.16. The Balaban J connectivity index is 1.82. The van der Waals surface area contributed by atoms with Crippen molar-refractivity contribution in [2.24, 2.45) is 11.8 Å². The average Bonchev–Trinajstić information content (AvgIpc) is 2.81. The number of rotatable bonds is 0. The molecule has 0 radical (unpaired) electrons. The molecule has 0 aromatic rings. The lowest BCUT2D eigenvalue weighted by atomic mass is 9.67. The van der Waals surface area contributed by atoms with E-state index in [-0.39, 0.29) is 0 Å². The molecule has 3 aliphatic rings. The first-order valence-corrected chi connectivity index (χ1v) is 5.03. The van der Waals surface area contributed by atoms with Gasteiger partial charge in [-0.2, -0.15) is 0 Å². The Labute approximate surface area is 68.1 Å². The quantitative estimate of drug-likeness (QED) is 0.485. The second-order valence-electron chi connectivity index (χ2n) is 4.62. The van der Waals surface area contributed by atoms with Gasteiger partial charge in [0.1, 0.15) is 0 Å². The minimum absolute atomic E-state index is 0.428. The maximum atomic E-state index is 5.62. The van der Waals surface area contributed by atoms with Gasteiger partial charge in [-0.1, -0.05) is 12.8 Å². The second-order valence-corrected chi connectivity index (χ2v) is 4.62. The zero-order valence-corrected chi connectivity index (χ0v) is 7.01. The molecule has 1 heterocycles. The van der Waals surface area contributed by atoms with Crippen molar-refractivity contribution in [3.05, 3.63) is 0 Å². The summed E-state index contributed by atoms with van der Waals surface area (Å²) in [7, 11) is 0. The van der Waals surface area contributed by atoms with E-state index in [1.54, 1.807) is 0 Å². The van der Waals surface area contributed by atoms with E-state index in [2.05, 4.69) is 0 Å². The van der Waals surface area contributed by atoms with Crippen LogP contribution >= 0.6 is 0 Å². The highest BCUT2D eigenvalue weighted by atomic mass is 16.6. The van der Waals surface area contributed by atoms with Crippen LogP contribution in [-0.4, -0.2) is 12.2 Å². The Bertz CT molecular complexity index is 172. The van der Waals surface area contributed by atoms with E-state index in [0.717, 1.165) is 18.4 Å². The van der Waals surface area contributed by atoms with Crippen LogP contribution in [-0.2, 0) is 4.74 Å². The molecule has 2 saturated carbocycles. The summed E-state index contributed by atoms with van der Waals surface area (Å²) < 4.78 is 5.62. The van der Waals surface area contributed by atoms with E-state index in [1.807, 2.05) is 0 Å². The van der Waals surface area contributed by atoms with Gasteiger partial charge in [-0.3, -0.25) is 0 Å². The van der Waals surface area contributed by atoms with Crippen molar-refractivity contribution in [3.63, 3.8) is 0 Å². The molecule has 2 aliphatic carbocycles. The van der Waals surface area contributed by atoms with E-state index < -0.39 is 0 Å². The van der Waals surface area contributed by atoms with Crippen LogP contribution in [0.1, 0.15) is 38.5 Å². The predicted molar refractivity (Wildman–Crippen MR) is 43.4 cm³/mol. The van der Waals surface area contributed by atoms with Crippen molar-refractivity contribution < 1.29 is 4.74 Å². The van der Waals surface area contributed by atoms with E-state index >= 15 is 0 Å². The summed E-state index contributed by atoms with van der Waals surface area (Å²) in [5.74, 6) is 2.03. The Morgan fingerprint density at radius 3 is 2.91 bits per heavy atom. The third-order valence-corrected chi connectivity index (χ3v) is 4.02. The molecule has 11 heavy (non-hydrogen) atoms. The molecule has 3 unspecified atom stereocenters. The first-order chi connectivity index (χ1) is 5.39. The van der Waals surface area contributed by atoms with Gasteiger partial charge < -0.3 is 4.74 Å². The second kappa shape index (κ2) is 2.01. The first-order valence-electron chi connectivity index (χ1n) is 5.03. The van der Waals surface area contributed by atoms with Crippen molar-refractivity contribution in [1.29, 1.82) is 0 Å². The number of ether oxygens (including phenoxy) is 1. The molecule has 0 aromatic heterocycles. The van der Waals surface area contributed by atoms with Gasteiger partial charge in [-0.05, 0) is 37.5 Å². The van der Waals surface area contributed by atoms with Crippen molar-refractivity contribution in [2.75, 3.05) is 6.61 Å². The zero-order chi connectivity index (χ0) is 7.31. The largest absolute Gasteiger partial charge is 0.369 e. The smallest absolute Gasteiger partial charge is 0.0944 e. The van der Waals surface area contributed by atoms with Crippen LogP contribution in [0.15, 0.2) is 0 Å². The van der Waals surface area contributed by atoms with Crippen molar-refractivity contribution in [1.82, 2.24) is 0 Å². The Hall–Kier alpha value is -0.0400. The molecular formula is C10H16O. The molecule has 0 aromatic carbocycles. The lowest BCUT2D eigenvalue weighted by Crippen LogP contribution is -2.35. The van der Waals surface area contributed by atoms with Gasteiger partial charge in [-0.15, -0.1) is 0 Å². The molecule has 3 fully saturated rings. The molecule has 0 N–H and O–H groups in total. The van der Waals surface area contributed by atoms with Gasteiger partial charge in [0, 0.05) is 0 Å². The molecule has 1 nitrogen and oxygen atoms in total. The highest BCUT2D eigenvalue weighted by molar-refractivity contribution is 5.03. The summed E-state index contributed by atoms with van der Waals surface area (Å²) in [6.45, 7) is 1.09. The lowest BCUT2D eigenvalue weighted by molar-refractivity contribution is 0.0831. The van der Waals surface area contributed by atoms with Gasteiger partial charge in [0.2, 0.25) is 0 Å². The van der Waals surface area contributed by atoms with Gasteiger partial charge >= 0.3 is 0 Å². The minimum atomic E-state index is 0.428. The maximum Gasteiger partial charge on any atom is 0.0944 e.